The summed E-state index contributed by atoms with van der Waals surface area (Å²) in [4.78, 5) is 11.5. The van der Waals surface area contributed by atoms with Crippen LogP contribution in [0.3, 0.4) is 0 Å². The highest BCUT2D eigenvalue weighted by Gasteiger charge is 1.95. The molecule has 4 nitrogen and oxygen atoms in total. The Morgan fingerprint density at radius 1 is 0.864 bits per heavy atom. The molecule has 0 heterocycles. The first-order chi connectivity index (χ1) is 10.6. The average Bonchev–Trinajstić information content (AvgIpc) is 2.53. The van der Waals surface area contributed by atoms with Crippen molar-refractivity contribution in [3.8, 4) is 11.5 Å². The predicted molar refractivity (Wildman–Crippen MR) is 85.2 cm³/mol. The van der Waals surface area contributed by atoms with Crippen LogP contribution in [-0.2, 0) is 9.53 Å². The van der Waals surface area contributed by atoms with Crippen LogP contribution in [0.15, 0.2) is 60.7 Å². The maximum atomic E-state index is 11.5. The van der Waals surface area contributed by atoms with Crippen LogP contribution >= 0.6 is 0 Å². The fourth-order valence-corrected chi connectivity index (χ4v) is 1.70. The molecule has 0 bridgehead atoms. The van der Waals surface area contributed by atoms with Gasteiger partial charge in [-0.2, -0.15) is 0 Å². The van der Waals surface area contributed by atoms with Gasteiger partial charge in [0.25, 0.3) is 0 Å². The van der Waals surface area contributed by atoms with E-state index < -0.39 is 5.97 Å². The number of phenols is 2. The molecule has 112 valence electrons. The number of carbonyl (C=O) groups is 1. The minimum atomic E-state index is -0.441. The van der Waals surface area contributed by atoms with Crippen molar-refractivity contribution in [2.45, 2.75) is 0 Å². The molecule has 0 atom stereocenters. The molecule has 0 saturated carbocycles. The van der Waals surface area contributed by atoms with E-state index in [4.69, 9.17) is 14.9 Å². The lowest BCUT2D eigenvalue weighted by molar-refractivity contribution is -0.136. The van der Waals surface area contributed by atoms with Gasteiger partial charge in [0, 0.05) is 6.08 Å². The molecule has 0 fully saturated rings. The standard InChI is InChI=1S/C18H16O4/c19-16-8-3-14(4-9-16)2-1-13-22-18(21)12-7-15-5-10-17(20)11-6-15/h1-12,19-20H,13H2/b2-1+,12-7+. The van der Waals surface area contributed by atoms with Gasteiger partial charge in [0.1, 0.15) is 18.1 Å². The molecule has 2 aromatic carbocycles. The Morgan fingerprint density at radius 3 is 1.91 bits per heavy atom. The van der Waals surface area contributed by atoms with E-state index in [9.17, 15) is 4.79 Å². The highest BCUT2D eigenvalue weighted by molar-refractivity contribution is 5.87. The average molecular weight is 296 g/mol. The van der Waals surface area contributed by atoms with Crippen LogP contribution in [0.1, 0.15) is 11.1 Å². The van der Waals surface area contributed by atoms with Crippen molar-refractivity contribution in [2.24, 2.45) is 0 Å². The van der Waals surface area contributed by atoms with E-state index in [1.165, 1.54) is 6.08 Å². The molecule has 0 aromatic heterocycles. The molecular formula is C18H16O4. The molecular weight excluding hydrogens is 280 g/mol. The van der Waals surface area contributed by atoms with Crippen LogP contribution in [0.4, 0.5) is 0 Å². The lowest BCUT2D eigenvalue weighted by Crippen LogP contribution is -1.99. The van der Waals surface area contributed by atoms with E-state index in [0.29, 0.717) is 0 Å². The van der Waals surface area contributed by atoms with Crippen LogP contribution in [0, 0.1) is 0 Å². The molecule has 2 N–H and O–H groups in total. The first-order valence-corrected chi connectivity index (χ1v) is 6.73. The SMILES string of the molecule is O=C(/C=C/c1ccc(O)cc1)OC/C=C/c1ccc(O)cc1. The summed E-state index contributed by atoms with van der Waals surface area (Å²) >= 11 is 0. The molecule has 0 saturated heterocycles. The van der Waals surface area contributed by atoms with E-state index >= 15 is 0 Å². The van der Waals surface area contributed by atoms with E-state index in [1.807, 2.05) is 0 Å². The highest BCUT2D eigenvalue weighted by Crippen LogP contribution is 2.11. The third-order valence-electron chi connectivity index (χ3n) is 2.83. The minimum Gasteiger partial charge on any atom is -0.508 e. The molecule has 0 radical (unpaired) electrons. The number of ether oxygens (including phenoxy) is 1. The lowest BCUT2D eigenvalue weighted by atomic mass is 10.2. The van der Waals surface area contributed by atoms with E-state index in [-0.39, 0.29) is 18.1 Å². The summed E-state index contributed by atoms with van der Waals surface area (Å²) in [5, 5.41) is 18.3. The van der Waals surface area contributed by atoms with Crippen LogP contribution in [0.5, 0.6) is 11.5 Å². The molecule has 0 aliphatic rings. The number of esters is 1. The summed E-state index contributed by atoms with van der Waals surface area (Å²) in [7, 11) is 0. The molecule has 4 heteroatoms. The summed E-state index contributed by atoms with van der Waals surface area (Å²) < 4.78 is 5.02. The lowest BCUT2D eigenvalue weighted by Gasteiger charge is -1.98. The number of aromatic hydroxyl groups is 2. The summed E-state index contributed by atoms with van der Waals surface area (Å²) in [6, 6.07) is 13.2. The first kappa shape index (κ1) is 15.4. The monoisotopic (exact) mass is 296 g/mol. The number of phenolic OH excluding ortho intramolecular Hbond substituents is 2. The quantitative estimate of drug-likeness (QED) is 0.656. The third kappa shape index (κ3) is 5.17. The molecule has 22 heavy (non-hydrogen) atoms. The smallest absolute Gasteiger partial charge is 0.331 e. The second kappa shape index (κ2) is 7.69. The van der Waals surface area contributed by atoms with Crippen LogP contribution in [0.25, 0.3) is 12.2 Å². The van der Waals surface area contributed by atoms with Gasteiger partial charge in [-0.25, -0.2) is 4.79 Å². The van der Waals surface area contributed by atoms with Gasteiger partial charge >= 0.3 is 5.97 Å². The summed E-state index contributed by atoms with van der Waals surface area (Å²) in [5.41, 5.74) is 1.71. The second-order valence-corrected chi connectivity index (χ2v) is 4.55. The van der Waals surface area contributed by atoms with Crippen molar-refractivity contribution in [3.05, 3.63) is 71.8 Å². The second-order valence-electron chi connectivity index (χ2n) is 4.55. The number of hydrogen-bond acceptors (Lipinski definition) is 4. The van der Waals surface area contributed by atoms with Crippen molar-refractivity contribution in [2.75, 3.05) is 6.61 Å². The van der Waals surface area contributed by atoms with Gasteiger partial charge in [-0.1, -0.05) is 30.3 Å². The first-order valence-electron chi connectivity index (χ1n) is 6.73. The summed E-state index contributed by atoms with van der Waals surface area (Å²) in [6.45, 7) is 0.166. The van der Waals surface area contributed by atoms with Crippen LogP contribution in [-0.4, -0.2) is 22.8 Å². The normalized spacial score (nSPS) is 11.1. The number of carbonyl (C=O) groups excluding carboxylic acids is 1. The van der Waals surface area contributed by atoms with Crippen molar-refractivity contribution in [1.29, 1.82) is 0 Å². The van der Waals surface area contributed by atoms with Gasteiger partial charge in [0.2, 0.25) is 0 Å². The van der Waals surface area contributed by atoms with Crippen LogP contribution < -0.4 is 0 Å². The molecule has 2 aromatic rings. The fourth-order valence-electron chi connectivity index (χ4n) is 1.70. The zero-order valence-corrected chi connectivity index (χ0v) is 11.8. The maximum Gasteiger partial charge on any atom is 0.331 e. The topological polar surface area (TPSA) is 66.8 Å². The molecule has 0 aliphatic carbocycles. The Kier molecular flexibility index (Phi) is 5.37. The van der Waals surface area contributed by atoms with Crippen molar-refractivity contribution >= 4 is 18.1 Å². The Balaban J connectivity index is 1.77. The van der Waals surface area contributed by atoms with Crippen molar-refractivity contribution < 1.29 is 19.7 Å². The molecule has 0 amide bonds. The minimum absolute atomic E-state index is 0.166. The summed E-state index contributed by atoms with van der Waals surface area (Å²) in [6.07, 6.45) is 6.47. The Labute approximate surface area is 128 Å². The summed E-state index contributed by atoms with van der Waals surface area (Å²) in [5.74, 6) is -0.0505. The van der Waals surface area contributed by atoms with Gasteiger partial charge in [0.05, 0.1) is 0 Å². The maximum absolute atomic E-state index is 11.5. The van der Waals surface area contributed by atoms with E-state index in [1.54, 1.807) is 66.8 Å². The molecule has 0 spiro atoms. The number of hydrogen-bond donors (Lipinski definition) is 2. The van der Waals surface area contributed by atoms with Crippen molar-refractivity contribution in [3.63, 3.8) is 0 Å². The van der Waals surface area contributed by atoms with Gasteiger partial charge in [-0.05, 0) is 47.5 Å². The largest absolute Gasteiger partial charge is 0.508 e. The zero-order valence-electron chi connectivity index (χ0n) is 11.8. The molecule has 2 rings (SSSR count). The number of benzene rings is 2. The Bertz CT molecular complexity index is 667. The van der Waals surface area contributed by atoms with Gasteiger partial charge in [-0.3, -0.25) is 0 Å². The number of rotatable bonds is 5. The Hall–Kier alpha value is -3.01. The van der Waals surface area contributed by atoms with E-state index in [2.05, 4.69) is 0 Å². The van der Waals surface area contributed by atoms with Crippen molar-refractivity contribution in [1.82, 2.24) is 0 Å². The van der Waals surface area contributed by atoms with Gasteiger partial charge < -0.3 is 14.9 Å². The third-order valence-corrected chi connectivity index (χ3v) is 2.83. The van der Waals surface area contributed by atoms with Crippen LogP contribution in [0.2, 0.25) is 0 Å². The fraction of sp³-hybridized carbons (Fsp3) is 0.0556. The van der Waals surface area contributed by atoms with E-state index in [0.717, 1.165) is 11.1 Å². The molecule has 0 aliphatic heterocycles. The van der Waals surface area contributed by atoms with Gasteiger partial charge in [0.15, 0.2) is 0 Å². The zero-order chi connectivity index (χ0) is 15.8. The Morgan fingerprint density at radius 2 is 1.36 bits per heavy atom. The van der Waals surface area contributed by atoms with Gasteiger partial charge in [-0.15, -0.1) is 0 Å². The predicted octanol–water partition coefficient (Wildman–Crippen LogP) is 3.37. The highest BCUT2D eigenvalue weighted by atomic mass is 16.5. The molecule has 0 unspecified atom stereocenters.